The zero-order valence-corrected chi connectivity index (χ0v) is 17.2. The van der Waals surface area contributed by atoms with Crippen LogP contribution in [0.4, 0.5) is 10.5 Å². The third-order valence-corrected chi connectivity index (χ3v) is 6.66. The number of amides is 4. The quantitative estimate of drug-likeness (QED) is 0.797. The van der Waals surface area contributed by atoms with Gasteiger partial charge in [-0.25, -0.2) is 4.79 Å². The van der Waals surface area contributed by atoms with Crippen molar-refractivity contribution in [2.24, 2.45) is 17.8 Å². The number of urea groups is 1. The fraction of sp³-hybridized carbons (Fsp3) is 0.591. The maximum atomic E-state index is 13.2. The van der Waals surface area contributed by atoms with E-state index >= 15 is 0 Å². The van der Waals surface area contributed by atoms with Crippen LogP contribution in [0.2, 0.25) is 0 Å². The largest absolute Gasteiger partial charge is 0.356 e. The molecule has 4 rings (SSSR count). The molecule has 3 aliphatic rings. The van der Waals surface area contributed by atoms with E-state index in [0.29, 0.717) is 37.7 Å². The molecule has 3 fully saturated rings. The Morgan fingerprint density at radius 3 is 2.83 bits per heavy atom. The van der Waals surface area contributed by atoms with Crippen molar-refractivity contribution in [1.29, 1.82) is 0 Å². The van der Waals surface area contributed by atoms with Crippen LogP contribution in [0.15, 0.2) is 18.2 Å². The van der Waals surface area contributed by atoms with Crippen molar-refractivity contribution in [2.45, 2.75) is 33.1 Å². The average molecular weight is 399 g/mol. The second-order valence-corrected chi connectivity index (χ2v) is 8.48. The number of benzene rings is 1. The SMILES string of the molecule is CCCNC(=O)[C@@H]1C[C@H]2CCN(C(=O)c3ccc(C)c(N4CCNC4=O)c3)C[C@H]21. The number of likely N-dealkylation sites (tertiary alicyclic amines) is 1. The number of rotatable bonds is 5. The molecule has 1 aliphatic carbocycles. The van der Waals surface area contributed by atoms with Crippen LogP contribution in [0.1, 0.15) is 42.1 Å². The van der Waals surface area contributed by atoms with Gasteiger partial charge in [0.05, 0.1) is 0 Å². The fourth-order valence-electron chi connectivity index (χ4n) is 4.87. The highest BCUT2D eigenvalue weighted by atomic mass is 16.2. The minimum Gasteiger partial charge on any atom is -0.356 e. The number of nitrogens with one attached hydrogen (secondary N) is 2. The number of piperidine rings is 1. The van der Waals surface area contributed by atoms with Gasteiger partial charge in [0.15, 0.2) is 0 Å². The molecule has 3 atom stereocenters. The standard InChI is InChI=1S/C22H30N4O3/c1-3-7-23-20(27)17-11-15-6-9-25(13-18(15)17)21(28)16-5-4-14(2)19(12-16)26-10-8-24-22(26)29/h4-5,12,15,17-18H,3,6-11,13H2,1-2H3,(H,23,27)(H,24,29)/t15-,17-,18-/m1/s1. The lowest BCUT2D eigenvalue weighted by Gasteiger charge is -2.50. The molecule has 0 unspecified atom stereocenters. The highest BCUT2D eigenvalue weighted by molar-refractivity contribution is 5.99. The minimum absolute atomic E-state index is 0.0103. The number of carbonyl (C=O) groups excluding carboxylic acids is 3. The van der Waals surface area contributed by atoms with Gasteiger partial charge in [0.2, 0.25) is 5.91 Å². The van der Waals surface area contributed by atoms with Gasteiger partial charge >= 0.3 is 6.03 Å². The summed E-state index contributed by atoms with van der Waals surface area (Å²) < 4.78 is 0. The van der Waals surface area contributed by atoms with Gasteiger partial charge in [-0.2, -0.15) is 0 Å². The van der Waals surface area contributed by atoms with Gasteiger partial charge in [0, 0.05) is 49.9 Å². The number of aryl methyl sites for hydroxylation is 1. The summed E-state index contributed by atoms with van der Waals surface area (Å²) in [6, 6.07) is 5.47. The van der Waals surface area contributed by atoms with E-state index in [1.165, 1.54) is 0 Å². The Kier molecular flexibility index (Phi) is 5.48. The van der Waals surface area contributed by atoms with E-state index in [9.17, 15) is 14.4 Å². The van der Waals surface area contributed by atoms with Crippen LogP contribution in [0.25, 0.3) is 0 Å². The molecule has 1 aromatic carbocycles. The Hall–Kier alpha value is -2.57. The van der Waals surface area contributed by atoms with E-state index in [2.05, 4.69) is 10.6 Å². The van der Waals surface area contributed by atoms with Gasteiger partial charge in [-0.15, -0.1) is 0 Å². The van der Waals surface area contributed by atoms with Crippen LogP contribution >= 0.6 is 0 Å². The normalized spacial score (nSPS) is 25.9. The molecule has 7 heteroatoms. The average Bonchev–Trinajstić information content (AvgIpc) is 3.13. The van der Waals surface area contributed by atoms with Gasteiger partial charge in [-0.1, -0.05) is 13.0 Å². The zero-order chi connectivity index (χ0) is 20.5. The van der Waals surface area contributed by atoms with Crippen LogP contribution in [0, 0.1) is 24.7 Å². The summed E-state index contributed by atoms with van der Waals surface area (Å²) in [5, 5.41) is 5.82. The predicted octanol–water partition coefficient (Wildman–Crippen LogP) is 2.15. The molecule has 1 aromatic rings. The second kappa shape index (κ2) is 8.05. The highest BCUT2D eigenvalue weighted by Crippen LogP contribution is 2.46. The molecule has 2 aliphatic heterocycles. The molecule has 2 N–H and O–H groups in total. The van der Waals surface area contributed by atoms with Crippen molar-refractivity contribution >= 4 is 23.5 Å². The lowest BCUT2D eigenvalue weighted by atomic mass is 9.61. The lowest BCUT2D eigenvalue weighted by Crippen LogP contribution is -2.56. The maximum absolute atomic E-state index is 13.2. The number of hydrogen-bond acceptors (Lipinski definition) is 3. The second-order valence-electron chi connectivity index (χ2n) is 8.48. The molecule has 29 heavy (non-hydrogen) atoms. The summed E-state index contributed by atoms with van der Waals surface area (Å²) in [5.41, 5.74) is 2.38. The Morgan fingerprint density at radius 2 is 2.10 bits per heavy atom. The third-order valence-electron chi connectivity index (χ3n) is 6.66. The van der Waals surface area contributed by atoms with Gasteiger partial charge in [0.1, 0.15) is 0 Å². The van der Waals surface area contributed by atoms with E-state index in [-0.39, 0.29) is 29.7 Å². The summed E-state index contributed by atoms with van der Waals surface area (Å²) in [6.45, 7) is 7.32. The monoisotopic (exact) mass is 398 g/mol. The Balaban J connectivity index is 1.46. The van der Waals surface area contributed by atoms with Crippen molar-refractivity contribution in [3.05, 3.63) is 29.3 Å². The Morgan fingerprint density at radius 1 is 1.28 bits per heavy atom. The lowest BCUT2D eigenvalue weighted by molar-refractivity contribution is -0.136. The number of fused-ring (bicyclic) bond motifs is 1. The topological polar surface area (TPSA) is 81.8 Å². The van der Waals surface area contributed by atoms with Crippen LogP contribution in [0.3, 0.4) is 0 Å². The molecule has 0 aromatic heterocycles. The number of nitrogens with zero attached hydrogens (tertiary/aromatic N) is 2. The van der Waals surface area contributed by atoms with E-state index < -0.39 is 0 Å². The van der Waals surface area contributed by atoms with E-state index in [4.69, 9.17) is 0 Å². The predicted molar refractivity (Wildman–Crippen MR) is 111 cm³/mol. The summed E-state index contributed by atoms with van der Waals surface area (Å²) in [4.78, 5) is 41.2. The number of anilines is 1. The molecule has 2 saturated heterocycles. The number of carbonyl (C=O) groups is 3. The van der Waals surface area contributed by atoms with Crippen molar-refractivity contribution in [1.82, 2.24) is 15.5 Å². The Labute approximate surface area is 171 Å². The van der Waals surface area contributed by atoms with Gasteiger partial charge < -0.3 is 15.5 Å². The van der Waals surface area contributed by atoms with Crippen molar-refractivity contribution < 1.29 is 14.4 Å². The Bertz CT molecular complexity index is 824. The molecule has 1 saturated carbocycles. The summed E-state index contributed by atoms with van der Waals surface area (Å²) >= 11 is 0. The zero-order valence-electron chi connectivity index (χ0n) is 17.2. The van der Waals surface area contributed by atoms with Gasteiger partial charge in [0.25, 0.3) is 5.91 Å². The van der Waals surface area contributed by atoms with Crippen LogP contribution in [0.5, 0.6) is 0 Å². The van der Waals surface area contributed by atoms with Crippen molar-refractivity contribution in [3.63, 3.8) is 0 Å². The van der Waals surface area contributed by atoms with Crippen molar-refractivity contribution in [3.8, 4) is 0 Å². The fourth-order valence-corrected chi connectivity index (χ4v) is 4.87. The molecule has 156 valence electrons. The van der Waals surface area contributed by atoms with E-state index in [1.807, 2.05) is 36.9 Å². The molecular formula is C22H30N4O3. The molecule has 0 radical (unpaired) electrons. The smallest absolute Gasteiger partial charge is 0.322 e. The summed E-state index contributed by atoms with van der Waals surface area (Å²) in [5.74, 6) is 0.977. The molecular weight excluding hydrogens is 368 g/mol. The molecule has 0 spiro atoms. The first-order valence-electron chi connectivity index (χ1n) is 10.7. The van der Waals surface area contributed by atoms with Crippen LogP contribution in [-0.4, -0.2) is 55.5 Å². The van der Waals surface area contributed by atoms with Gasteiger partial charge in [-0.3, -0.25) is 14.5 Å². The molecule has 7 nitrogen and oxygen atoms in total. The highest BCUT2D eigenvalue weighted by Gasteiger charge is 2.48. The molecule has 0 bridgehead atoms. The maximum Gasteiger partial charge on any atom is 0.322 e. The minimum atomic E-state index is -0.117. The molecule has 4 amide bonds. The molecule has 2 heterocycles. The summed E-state index contributed by atoms with van der Waals surface area (Å²) in [7, 11) is 0. The van der Waals surface area contributed by atoms with E-state index in [1.54, 1.807) is 4.90 Å². The third kappa shape index (κ3) is 3.70. The first-order chi connectivity index (χ1) is 14.0. The first kappa shape index (κ1) is 19.7. The first-order valence-corrected chi connectivity index (χ1v) is 10.7. The van der Waals surface area contributed by atoms with Crippen molar-refractivity contribution in [2.75, 3.05) is 37.6 Å². The van der Waals surface area contributed by atoms with Crippen LogP contribution in [-0.2, 0) is 4.79 Å². The van der Waals surface area contributed by atoms with E-state index in [0.717, 1.165) is 37.1 Å². The number of hydrogen-bond donors (Lipinski definition) is 2. The van der Waals surface area contributed by atoms with Gasteiger partial charge in [-0.05, 0) is 55.7 Å². The van der Waals surface area contributed by atoms with Crippen LogP contribution < -0.4 is 15.5 Å². The summed E-state index contributed by atoms with van der Waals surface area (Å²) in [6.07, 6.45) is 2.84.